The molecule has 12 heavy (non-hydrogen) atoms. The van der Waals surface area contributed by atoms with Gasteiger partial charge in [-0.3, -0.25) is 0 Å². The van der Waals surface area contributed by atoms with Crippen molar-refractivity contribution in [2.45, 2.75) is 6.42 Å². The Hall–Kier alpha value is 0.310. The highest BCUT2D eigenvalue weighted by molar-refractivity contribution is 6.37. The molecule has 5 heteroatoms. The molecular formula is C7H5Cl4N. The third-order valence-electron chi connectivity index (χ3n) is 1.33. The monoisotopic (exact) mass is 243 g/mol. The second-order valence-electron chi connectivity index (χ2n) is 2.14. The van der Waals surface area contributed by atoms with E-state index in [-0.39, 0.29) is 0 Å². The highest BCUT2D eigenvalue weighted by Gasteiger charge is 2.07. The summed E-state index contributed by atoms with van der Waals surface area (Å²) in [7, 11) is 0. The highest BCUT2D eigenvalue weighted by atomic mass is 35.5. The summed E-state index contributed by atoms with van der Waals surface area (Å²) >= 11 is 22.8. The lowest BCUT2D eigenvalue weighted by Gasteiger charge is -2.03. The van der Waals surface area contributed by atoms with Crippen molar-refractivity contribution >= 4 is 46.4 Å². The van der Waals surface area contributed by atoms with E-state index in [9.17, 15) is 0 Å². The zero-order chi connectivity index (χ0) is 9.14. The number of nitrogens with zero attached hydrogens (tertiary/aromatic N) is 1. The Labute approximate surface area is 90.6 Å². The van der Waals surface area contributed by atoms with Crippen LogP contribution in [0.15, 0.2) is 6.07 Å². The number of hydrogen-bond donors (Lipinski definition) is 0. The first-order valence-electron chi connectivity index (χ1n) is 3.21. The summed E-state index contributed by atoms with van der Waals surface area (Å²) in [6.45, 7) is 0. The van der Waals surface area contributed by atoms with Crippen LogP contribution in [0, 0.1) is 0 Å². The van der Waals surface area contributed by atoms with E-state index in [1.807, 2.05) is 0 Å². The summed E-state index contributed by atoms with van der Waals surface area (Å²) in [6.07, 6.45) is 0.601. The largest absolute Gasteiger partial charge is 0.224 e. The van der Waals surface area contributed by atoms with Crippen LogP contribution >= 0.6 is 46.4 Å². The number of alkyl halides is 1. The molecule has 1 rings (SSSR count). The summed E-state index contributed by atoms with van der Waals surface area (Å²) in [4.78, 5) is 3.84. The third kappa shape index (κ3) is 2.40. The SMILES string of the molecule is ClCCc1c(Cl)cc(Cl)nc1Cl. The molecule has 1 aromatic heterocycles. The molecule has 1 nitrogen and oxygen atoms in total. The Balaban J connectivity index is 3.10. The fourth-order valence-electron chi connectivity index (χ4n) is 0.801. The van der Waals surface area contributed by atoms with Crippen molar-refractivity contribution in [2.75, 3.05) is 5.88 Å². The molecule has 0 aliphatic carbocycles. The average molecular weight is 245 g/mol. The molecule has 0 radical (unpaired) electrons. The molecule has 0 N–H and O–H groups in total. The predicted molar refractivity (Wildman–Crippen MR) is 53.7 cm³/mol. The van der Waals surface area contributed by atoms with Gasteiger partial charge in [0, 0.05) is 16.5 Å². The Kier molecular flexibility index (Phi) is 3.91. The van der Waals surface area contributed by atoms with Crippen LogP contribution in [0.5, 0.6) is 0 Å². The van der Waals surface area contributed by atoms with E-state index >= 15 is 0 Å². The minimum atomic E-state index is 0.295. The molecule has 0 amide bonds. The summed E-state index contributed by atoms with van der Waals surface area (Å²) in [5, 5.41) is 1.14. The lowest BCUT2D eigenvalue weighted by atomic mass is 10.2. The van der Waals surface area contributed by atoms with E-state index in [0.29, 0.717) is 27.6 Å². The number of rotatable bonds is 2. The maximum Gasteiger partial charge on any atom is 0.135 e. The van der Waals surface area contributed by atoms with Crippen molar-refractivity contribution in [3.8, 4) is 0 Å². The zero-order valence-electron chi connectivity index (χ0n) is 5.95. The van der Waals surface area contributed by atoms with Crippen LogP contribution in [0.1, 0.15) is 5.56 Å². The van der Waals surface area contributed by atoms with Crippen LogP contribution in [-0.2, 0) is 6.42 Å². The van der Waals surface area contributed by atoms with Gasteiger partial charge in [-0.25, -0.2) is 4.98 Å². The van der Waals surface area contributed by atoms with Gasteiger partial charge in [0.05, 0.1) is 0 Å². The minimum Gasteiger partial charge on any atom is -0.224 e. The minimum absolute atomic E-state index is 0.295. The van der Waals surface area contributed by atoms with Crippen molar-refractivity contribution in [1.82, 2.24) is 4.98 Å². The first kappa shape index (κ1) is 10.4. The van der Waals surface area contributed by atoms with E-state index in [4.69, 9.17) is 46.4 Å². The number of halogens is 4. The van der Waals surface area contributed by atoms with Crippen molar-refractivity contribution in [3.05, 3.63) is 27.0 Å². The molecular weight excluding hydrogens is 240 g/mol. The first-order chi connectivity index (χ1) is 5.65. The van der Waals surface area contributed by atoms with Crippen molar-refractivity contribution < 1.29 is 0 Å². The van der Waals surface area contributed by atoms with Gasteiger partial charge in [-0.15, -0.1) is 11.6 Å². The molecule has 0 aromatic carbocycles. The van der Waals surface area contributed by atoms with E-state index in [1.165, 1.54) is 0 Å². The standard InChI is InChI=1S/C7H5Cl4N/c8-2-1-4-5(9)3-6(10)12-7(4)11/h3H,1-2H2. The van der Waals surface area contributed by atoms with Crippen LogP contribution < -0.4 is 0 Å². The predicted octanol–water partition coefficient (Wildman–Crippen LogP) is 3.82. The molecule has 0 unspecified atom stereocenters. The van der Waals surface area contributed by atoms with Gasteiger partial charge in [-0.2, -0.15) is 0 Å². The Morgan fingerprint density at radius 2 is 1.92 bits per heavy atom. The molecule has 0 saturated heterocycles. The van der Waals surface area contributed by atoms with Gasteiger partial charge in [0.2, 0.25) is 0 Å². The molecule has 1 aromatic rings. The molecule has 0 spiro atoms. The summed E-state index contributed by atoms with van der Waals surface area (Å²) < 4.78 is 0. The maximum atomic E-state index is 5.85. The lowest BCUT2D eigenvalue weighted by molar-refractivity contribution is 1.11. The fraction of sp³-hybridized carbons (Fsp3) is 0.286. The number of pyridine rings is 1. The maximum absolute atomic E-state index is 5.85. The van der Waals surface area contributed by atoms with Gasteiger partial charge < -0.3 is 0 Å². The second-order valence-corrected chi connectivity index (χ2v) is 3.67. The van der Waals surface area contributed by atoms with Crippen LogP contribution in [0.3, 0.4) is 0 Å². The first-order valence-corrected chi connectivity index (χ1v) is 4.88. The van der Waals surface area contributed by atoms with Gasteiger partial charge in [0.25, 0.3) is 0 Å². The molecule has 0 bridgehead atoms. The lowest BCUT2D eigenvalue weighted by Crippen LogP contribution is -1.92. The second kappa shape index (κ2) is 4.52. The summed E-state index contributed by atoms with van der Waals surface area (Å²) in [5.74, 6) is 0.461. The van der Waals surface area contributed by atoms with Crippen LogP contribution in [0.25, 0.3) is 0 Å². The summed E-state index contributed by atoms with van der Waals surface area (Å²) in [6, 6.07) is 1.55. The molecule has 0 atom stereocenters. The highest BCUT2D eigenvalue weighted by Crippen LogP contribution is 2.26. The van der Waals surface area contributed by atoms with Crippen molar-refractivity contribution in [1.29, 1.82) is 0 Å². The van der Waals surface area contributed by atoms with Crippen molar-refractivity contribution in [2.24, 2.45) is 0 Å². The smallest absolute Gasteiger partial charge is 0.135 e. The zero-order valence-corrected chi connectivity index (χ0v) is 8.97. The average Bonchev–Trinajstić information content (AvgIpc) is 1.96. The Morgan fingerprint density at radius 3 is 2.42 bits per heavy atom. The fourth-order valence-corrected chi connectivity index (χ4v) is 1.91. The number of aromatic nitrogens is 1. The van der Waals surface area contributed by atoms with E-state index < -0.39 is 0 Å². The normalized spacial score (nSPS) is 10.3. The topological polar surface area (TPSA) is 12.9 Å². The van der Waals surface area contributed by atoms with Crippen LogP contribution in [-0.4, -0.2) is 10.9 Å². The third-order valence-corrected chi connectivity index (χ3v) is 2.37. The van der Waals surface area contributed by atoms with E-state index in [0.717, 1.165) is 5.56 Å². The summed E-state index contributed by atoms with van der Waals surface area (Å²) in [5.41, 5.74) is 0.748. The number of hydrogen-bond acceptors (Lipinski definition) is 1. The van der Waals surface area contributed by atoms with Gasteiger partial charge in [-0.05, 0) is 12.5 Å². The Morgan fingerprint density at radius 1 is 1.25 bits per heavy atom. The van der Waals surface area contributed by atoms with Gasteiger partial charge in [-0.1, -0.05) is 34.8 Å². The molecule has 1 heterocycles. The van der Waals surface area contributed by atoms with E-state index in [2.05, 4.69) is 4.98 Å². The Bertz CT molecular complexity index is 264. The van der Waals surface area contributed by atoms with Crippen LogP contribution in [0.4, 0.5) is 0 Å². The molecule has 66 valence electrons. The van der Waals surface area contributed by atoms with Crippen molar-refractivity contribution in [3.63, 3.8) is 0 Å². The molecule has 0 aliphatic rings. The molecule has 0 fully saturated rings. The van der Waals surface area contributed by atoms with Gasteiger partial charge in [0.15, 0.2) is 0 Å². The van der Waals surface area contributed by atoms with E-state index in [1.54, 1.807) is 6.07 Å². The molecule has 0 aliphatic heterocycles. The quantitative estimate of drug-likeness (QED) is 0.570. The van der Waals surface area contributed by atoms with Gasteiger partial charge in [0.1, 0.15) is 10.3 Å². The van der Waals surface area contributed by atoms with Gasteiger partial charge >= 0.3 is 0 Å². The molecule has 0 saturated carbocycles. The van der Waals surface area contributed by atoms with Crippen LogP contribution in [0.2, 0.25) is 15.3 Å².